The van der Waals surface area contributed by atoms with Crippen molar-refractivity contribution in [3.63, 3.8) is 0 Å². The second-order valence-electron chi connectivity index (χ2n) is 5.25. The van der Waals surface area contributed by atoms with Gasteiger partial charge in [-0.05, 0) is 12.1 Å². The molecule has 6 heteroatoms. The predicted octanol–water partition coefficient (Wildman–Crippen LogP) is 1.07. The van der Waals surface area contributed by atoms with E-state index in [4.69, 9.17) is 5.11 Å². The molecule has 1 amide bonds. The Hall–Kier alpha value is -2.63. The van der Waals surface area contributed by atoms with Crippen molar-refractivity contribution < 1.29 is 14.7 Å². The van der Waals surface area contributed by atoms with Crippen molar-refractivity contribution >= 4 is 22.8 Å². The zero-order valence-corrected chi connectivity index (χ0v) is 11.2. The fourth-order valence-electron chi connectivity index (χ4n) is 2.61. The molecule has 1 aromatic carbocycles. The Bertz CT molecular complexity index is 775. The van der Waals surface area contributed by atoms with Gasteiger partial charge in [0.1, 0.15) is 5.56 Å². The highest BCUT2D eigenvalue weighted by Crippen LogP contribution is 2.21. The van der Waals surface area contributed by atoms with E-state index in [1.807, 2.05) is 6.07 Å². The molecule has 0 atom stereocenters. The van der Waals surface area contributed by atoms with Gasteiger partial charge in [-0.3, -0.25) is 14.4 Å². The molecule has 2 N–H and O–H groups in total. The molecule has 3 rings (SSSR count). The number of nitrogens with one attached hydrogen (secondary N) is 1. The first-order chi connectivity index (χ1) is 10.1. The molecule has 0 saturated carbocycles. The summed E-state index contributed by atoms with van der Waals surface area (Å²) in [6.07, 6.45) is 1.48. The highest BCUT2D eigenvalue weighted by Gasteiger charge is 2.33. The van der Waals surface area contributed by atoms with Gasteiger partial charge in [-0.15, -0.1) is 0 Å². The largest absolute Gasteiger partial charge is 0.481 e. The Kier molecular flexibility index (Phi) is 3.21. The summed E-state index contributed by atoms with van der Waals surface area (Å²) in [5.41, 5.74) is 0.491. The molecule has 1 aromatic heterocycles. The molecular formula is C15H14N2O4. The maximum Gasteiger partial charge on any atom is 0.303 e. The van der Waals surface area contributed by atoms with Gasteiger partial charge in [0, 0.05) is 36.1 Å². The van der Waals surface area contributed by atoms with Crippen molar-refractivity contribution in [3.8, 4) is 0 Å². The van der Waals surface area contributed by atoms with Gasteiger partial charge in [-0.25, -0.2) is 0 Å². The van der Waals surface area contributed by atoms with Crippen molar-refractivity contribution in [3.05, 3.63) is 46.2 Å². The molecule has 1 aliphatic heterocycles. The maximum atomic E-state index is 12.3. The Morgan fingerprint density at radius 3 is 2.71 bits per heavy atom. The normalized spacial score (nSPS) is 15.0. The van der Waals surface area contributed by atoms with Gasteiger partial charge in [0.15, 0.2) is 0 Å². The summed E-state index contributed by atoms with van der Waals surface area (Å²) < 4.78 is 0. The summed E-state index contributed by atoms with van der Waals surface area (Å²) >= 11 is 0. The Labute approximate surface area is 120 Å². The molecule has 21 heavy (non-hydrogen) atoms. The van der Waals surface area contributed by atoms with Crippen LogP contribution in [0.5, 0.6) is 0 Å². The molecule has 1 saturated heterocycles. The monoisotopic (exact) mass is 286 g/mol. The molecule has 1 aliphatic rings. The number of likely N-dealkylation sites (tertiary alicyclic amines) is 1. The number of carbonyl (C=O) groups excluding carboxylic acids is 1. The van der Waals surface area contributed by atoms with E-state index in [2.05, 4.69) is 4.98 Å². The average molecular weight is 286 g/mol. The van der Waals surface area contributed by atoms with Crippen LogP contribution in [0.2, 0.25) is 0 Å². The first-order valence-electron chi connectivity index (χ1n) is 6.68. The Morgan fingerprint density at radius 2 is 2.00 bits per heavy atom. The van der Waals surface area contributed by atoms with E-state index in [1.54, 1.807) is 18.2 Å². The lowest BCUT2D eigenvalue weighted by atomic mass is 9.95. The van der Waals surface area contributed by atoms with Gasteiger partial charge >= 0.3 is 5.97 Å². The number of pyridine rings is 1. The van der Waals surface area contributed by atoms with Crippen LogP contribution in [0.4, 0.5) is 0 Å². The standard InChI is InChI=1S/C15H14N2O4/c18-13(19)5-9-7-17(8-9)15(21)11-6-16-12-4-2-1-3-10(12)14(11)20/h1-4,6,9H,5,7-8H2,(H,16,20)(H,18,19). The van der Waals surface area contributed by atoms with Crippen molar-refractivity contribution in [2.75, 3.05) is 13.1 Å². The number of H-pyrrole nitrogens is 1. The molecule has 0 spiro atoms. The van der Waals surface area contributed by atoms with Crippen molar-refractivity contribution in [1.82, 2.24) is 9.88 Å². The van der Waals surface area contributed by atoms with E-state index in [9.17, 15) is 14.4 Å². The lowest BCUT2D eigenvalue weighted by molar-refractivity contribution is -0.139. The Balaban J connectivity index is 1.82. The van der Waals surface area contributed by atoms with Crippen LogP contribution in [0.1, 0.15) is 16.8 Å². The van der Waals surface area contributed by atoms with Crippen LogP contribution in [0.25, 0.3) is 10.9 Å². The van der Waals surface area contributed by atoms with Crippen LogP contribution in [0.3, 0.4) is 0 Å². The predicted molar refractivity (Wildman–Crippen MR) is 76.2 cm³/mol. The third-order valence-corrected chi connectivity index (χ3v) is 3.73. The lowest BCUT2D eigenvalue weighted by Gasteiger charge is -2.38. The summed E-state index contributed by atoms with van der Waals surface area (Å²) in [6.45, 7) is 0.773. The summed E-state index contributed by atoms with van der Waals surface area (Å²) in [5, 5.41) is 9.17. The smallest absolute Gasteiger partial charge is 0.303 e. The van der Waals surface area contributed by atoms with Crippen LogP contribution in [0.15, 0.2) is 35.3 Å². The van der Waals surface area contributed by atoms with E-state index in [1.165, 1.54) is 11.1 Å². The van der Waals surface area contributed by atoms with Gasteiger partial charge < -0.3 is 15.0 Å². The number of aromatic amines is 1. The quantitative estimate of drug-likeness (QED) is 0.883. The summed E-state index contributed by atoms with van der Waals surface area (Å²) in [4.78, 5) is 39.6. The molecule has 1 fully saturated rings. The van der Waals surface area contributed by atoms with Gasteiger partial charge in [0.25, 0.3) is 5.91 Å². The second kappa shape index (κ2) is 5.05. The van der Waals surface area contributed by atoms with Gasteiger partial charge in [-0.2, -0.15) is 0 Å². The van der Waals surface area contributed by atoms with Crippen molar-refractivity contribution in [2.45, 2.75) is 6.42 Å². The number of hydrogen-bond donors (Lipinski definition) is 2. The number of aromatic nitrogens is 1. The van der Waals surface area contributed by atoms with E-state index < -0.39 is 5.97 Å². The SMILES string of the molecule is O=C(O)CC1CN(C(=O)c2c[nH]c3ccccc3c2=O)C1. The third kappa shape index (κ3) is 2.40. The molecule has 108 valence electrons. The molecule has 2 heterocycles. The highest BCUT2D eigenvalue weighted by atomic mass is 16.4. The fourth-order valence-corrected chi connectivity index (χ4v) is 2.61. The summed E-state index contributed by atoms with van der Waals surface area (Å²) in [5.74, 6) is -1.23. The molecular weight excluding hydrogens is 272 g/mol. The van der Waals surface area contributed by atoms with E-state index >= 15 is 0 Å². The number of amides is 1. The van der Waals surface area contributed by atoms with Crippen LogP contribution >= 0.6 is 0 Å². The summed E-state index contributed by atoms with van der Waals surface area (Å²) in [6, 6.07) is 7.01. The minimum Gasteiger partial charge on any atom is -0.481 e. The fraction of sp³-hybridized carbons (Fsp3) is 0.267. The molecule has 0 radical (unpaired) electrons. The van der Waals surface area contributed by atoms with Crippen molar-refractivity contribution in [1.29, 1.82) is 0 Å². The van der Waals surface area contributed by atoms with Crippen LogP contribution in [0, 0.1) is 5.92 Å². The van der Waals surface area contributed by atoms with Crippen LogP contribution in [-0.4, -0.2) is 40.0 Å². The zero-order chi connectivity index (χ0) is 15.0. The second-order valence-corrected chi connectivity index (χ2v) is 5.25. The molecule has 0 aliphatic carbocycles. The van der Waals surface area contributed by atoms with Crippen LogP contribution < -0.4 is 5.43 Å². The first-order valence-corrected chi connectivity index (χ1v) is 6.68. The summed E-state index contributed by atoms with van der Waals surface area (Å²) in [7, 11) is 0. The van der Waals surface area contributed by atoms with E-state index in [0.717, 1.165) is 0 Å². The number of hydrogen-bond acceptors (Lipinski definition) is 3. The maximum absolute atomic E-state index is 12.3. The van der Waals surface area contributed by atoms with E-state index in [-0.39, 0.29) is 29.2 Å². The minimum absolute atomic E-state index is 0.0222. The third-order valence-electron chi connectivity index (χ3n) is 3.73. The van der Waals surface area contributed by atoms with Gasteiger partial charge in [0.2, 0.25) is 5.43 Å². The number of carboxylic acid groups (broad SMARTS) is 1. The molecule has 6 nitrogen and oxygen atoms in total. The van der Waals surface area contributed by atoms with Crippen molar-refractivity contribution in [2.24, 2.45) is 5.92 Å². The molecule has 0 unspecified atom stereocenters. The number of nitrogens with zero attached hydrogens (tertiary/aromatic N) is 1. The number of fused-ring (bicyclic) bond motifs is 1. The zero-order valence-electron chi connectivity index (χ0n) is 11.2. The minimum atomic E-state index is -0.865. The molecule has 0 bridgehead atoms. The van der Waals surface area contributed by atoms with Gasteiger partial charge in [-0.1, -0.05) is 12.1 Å². The lowest BCUT2D eigenvalue weighted by Crippen LogP contribution is -2.51. The number of benzene rings is 1. The molecule has 2 aromatic rings. The number of carboxylic acids is 1. The van der Waals surface area contributed by atoms with E-state index in [0.29, 0.717) is 24.0 Å². The first kappa shape index (κ1) is 13.4. The average Bonchev–Trinajstić information content (AvgIpc) is 2.42. The van der Waals surface area contributed by atoms with Gasteiger partial charge in [0.05, 0.1) is 6.42 Å². The number of para-hydroxylation sites is 1. The topological polar surface area (TPSA) is 90.5 Å². The number of aliphatic carboxylic acids is 1. The number of carbonyl (C=O) groups is 2. The highest BCUT2D eigenvalue weighted by molar-refractivity contribution is 5.97. The Morgan fingerprint density at radius 1 is 1.29 bits per heavy atom. The number of rotatable bonds is 3. The van der Waals surface area contributed by atoms with Crippen LogP contribution in [-0.2, 0) is 4.79 Å².